The van der Waals surface area contributed by atoms with Gasteiger partial charge in [0.05, 0.1) is 10.9 Å². The highest BCUT2D eigenvalue weighted by Gasteiger charge is 2.19. The number of carbonyl (C=O) groups is 1. The molecule has 1 aliphatic rings. The highest BCUT2D eigenvalue weighted by molar-refractivity contribution is 5.77. The summed E-state index contributed by atoms with van der Waals surface area (Å²) >= 11 is 0. The lowest BCUT2D eigenvalue weighted by atomic mass is 10.1. The van der Waals surface area contributed by atoms with E-state index in [2.05, 4.69) is 22.2 Å². The smallest absolute Gasteiger partial charge is 0.258 e. The van der Waals surface area contributed by atoms with Gasteiger partial charge < -0.3 is 15.2 Å². The van der Waals surface area contributed by atoms with E-state index < -0.39 is 0 Å². The Morgan fingerprint density at radius 3 is 3.04 bits per heavy atom. The van der Waals surface area contributed by atoms with Crippen molar-refractivity contribution < 1.29 is 4.79 Å². The zero-order chi connectivity index (χ0) is 16.2. The van der Waals surface area contributed by atoms with E-state index in [0.29, 0.717) is 42.0 Å². The van der Waals surface area contributed by atoms with Crippen molar-refractivity contribution in [1.29, 1.82) is 0 Å². The molecule has 1 aromatic carbocycles. The highest BCUT2D eigenvalue weighted by atomic mass is 16.2. The fourth-order valence-electron chi connectivity index (χ4n) is 2.98. The number of aromatic amines is 1. The van der Waals surface area contributed by atoms with E-state index in [-0.39, 0.29) is 11.5 Å². The second kappa shape index (κ2) is 6.91. The fraction of sp³-hybridized carbons (Fsp3) is 0.471. The van der Waals surface area contributed by atoms with Crippen molar-refractivity contribution in [3.05, 3.63) is 40.4 Å². The Hall–Kier alpha value is -2.21. The zero-order valence-electron chi connectivity index (χ0n) is 13.3. The first-order valence-corrected chi connectivity index (χ1v) is 8.12. The van der Waals surface area contributed by atoms with Crippen molar-refractivity contribution in [2.24, 2.45) is 0 Å². The van der Waals surface area contributed by atoms with Gasteiger partial charge in [-0.15, -0.1) is 0 Å². The number of nitrogens with one attached hydrogen (secondary N) is 2. The quantitative estimate of drug-likeness (QED) is 0.885. The number of carbonyl (C=O) groups excluding carboxylic acids is 1. The van der Waals surface area contributed by atoms with Gasteiger partial charge in [0.15, 0.2) is 0 Å². The van der Waals surface area contributed by atoms with Crippen molar-refractivity contribution in [3.63, 3.8) is 0 Å². The molecule has 3 rings (SSSR count). The lowest BCUT2D eigenvalue weighted by molar-refractivity contribution is -0.132. The van der Waals surface area contributed by atoms with Crippen LogP contribution >= 0.6 is 0 Å². The Morgan fingerprint density at radius 1 is 1.39 bits per heavy atom. The molecule has 0 saturated carbocycles. The second-order valence-corrected chi connectivity index (χ2v) is 6.08. The number of para-hydroxylation sites is 1. The minimum Gasteiger partial charge on any atom is -0.340 e. The van der Waals surface area contributed by atoms with Crippen LogP contribution in [0.25, 0.3) is 10.9 Å². The normalized spacial score (nSPS) is 18.3. The van der Waals surface area contributed by atoms with E-state index in [1.54, 1.807) is 6.07 Å². The molecule has 0 radical (unpaired) electrons. The number of hydrogen-bond donors (Lipinski definition) is 2. The first-order chi connectivity index (χ1) is 11.1. The Labute approximate surface area is 134 Å². The Balaban J connectivity index is 1.58. The third-order valence-corrected chi connectivity index (χ3v) is 4.19. The van der Waals surface area contributed by atoms with Crippen molar-refractivity contribution in [3.8, 4) is 0 Å². The Kier molecular flexibility index (Phi) is 4.71. The van der Waals surface area contributed by atoms with Gasteiger partial charge in [-0.05, 0) is 25.5 Å². The second-order valence-electron chi connectivity index (χ2n) is 6.08. The van der Waals surface area contributed by atoms with Gasteiger partial charge in [0.25, 0.3) is 5.56 Å². The van der Waals surface area contributed by atoms with Crippen LogP contribution < -0.4 is 10.9 Å². The van der Waals surface area contributed by atoms with E-state index in [9.17, 15) is 9.59 Å². The molecule has 0 aliphatic carbocycles. The topological polar surface area (TPSA) is 78.1 Å². The molecular weight excluding hydrogens is 292 g/mol. The van der Waals surface area contributed by atoms with Gasteiger partial charge in [0.2, 0.25) is 5.91 Å². The fourth-order valence-corrected chi connectivity index (χ4v) is 2.98. The number of nitrogens with zero attached hydrogens (tertiary/aromatic N) is 2. The average Bonchev–Trinajstić information content (AvgIpc) is 2.55. The molecular formula is C17H22N4O2. The van der Waals surface area contributed by atoms with Gasteiger partial charge >= 0.3 is 0 Å². The van der Waals surface area contributed by atoms with E-state index in [4.69, 9.17) is 0 Å². The number of piperazine rings is 1. The number of H-pyrrole nitrogens is 1. The highest BCUT2D eigenvalue weighted by Crippen LogP contribution is 2.09. The molecule has 2 heterocycles. The molecule has 23 heavy (non-hydrogen) atoms. The third kappa shape index (κ3) is 3.76. The van der Waals surface area contributed by atoms with Crippen molar-refractivity contribution in [1.82, 2.24) is 20.2 Å². The van der Waals surface area contributed by atoms with E-state index >= 15 is 0 Å². The Morgan fingerprint density at radius 2 is 2.22 bits per heavy atom. The van der Waals surface area contributed by atoms with Gasteiger partial charge in [-0.2, -0.15) is 0 Å². The van der Waals surface area contributed by atoms with Crippen molar-refractivity contribution >= 4 is 16.8 Å². The molecule has 1 aliphatic heterocycles. The molecule has 1 saturated heterocycles. The molecule has 2 aromatic rings. The summed E-state index contributed by atoms with van der Waals surface area (Å²) < 4.78 is 0. The van der Waals surface area contributed by atoms with E-state index in [0.717, 1.165) is 19.6 Å². The average molecular weight is 314 g/mol. The third-order valence-electron chi connectivity index (χ3n) is 4.19. The predicted octanol–water partition coefficient (Wildman–Crippen LogP) is 1.07. The van der Waals surface area contributed by atoms with E-state index in [1.807, 2.05) is 23.1 Å². The van der Waals surface area contributed by atoms with Gasteiger partial charge in [0, 0.05) is 38.5 Å². The van der Waals surface area contributed by atoms with Crippen LogP contribution in [0.5, 0.6) is 0 Å². The first kappa shape index (κ1) is 15.7. The number of benzene rings is 1. The minimum atomic E-state index is -0.118. The number of amides is 1. The van der Waals surface area contributed by atoms with E-state index in [1.165, 1.54) is 0 Å². The summed E-state index contributed by atoms with van der Waals surface area (Å²) in [6.45, 7) is 4.48. The number of aromatic nitrogens is 2. The molecule has 1 atom stereocenters. The van der Waals surface area contributed by atoms with Crippen LogP contribution in [0.1, 0.15) is 25.6 Å². The summed E-state index contributed by atoms with van der Waals surface area (Å²) in [4.78, 5) is 33.4. The molecule has 1 unspecified atom stereocenters. The van der Waals surface area contributed by atoms with Crippen LogP contribution in [0.4, 0.5) is 0 Å². The van der Waals surface area contributed by atoms with Crippen LogP contribution in [-0.4, -0.2) is 46.5 Å². The minimum absolute atomic E-state index is 0.118. The SMILES string of the molecule is CC1CN(C(=O)CCCc2nc3ccccc3c(=O)[nH]2)CCN1. The summed E-state index contributed by atoms with van der Waals surface area (Å²) in [6, 6.07) is 7.65. The van der Waals surface area contributed by atoms with Crippen LogP contribution in [0.15, 0.2) is 29.1 Å². The van der Waals surface area contributed by atoms with Crippen LogP contribution in [-0.2, 0) is 11.2 Å². The summed E-state index contributed by atoms with van der Waals surface area (Å²) in [5.74, 6) is 0.830. The van der Waals surface area contributed by atoms with Gasteiger partial charge in [-0.3, -0.25) is 9.59 Å². The van der Waals surface area contributed by atoms with Gasteiger partial charge in [-0.25, -0.2) is 4.98 Å². The molecule has 1 amide bonds. The zero-order valence-corrected chi connectivity index (χ0v) is 13.3. The largest absolute Gasteiger partial charge is 0.340 e. The summed E-state index contributed by atoms with van der Waals surface area (Å²) in [5.41, 5.74) is 0.585. The molecule has 0 bridgehead atoms. The van der Waals surface area contributed by atoms with Crippen LogP contribution in [0.3, 0.4) is 0 Å². The lowest BCUT2D eigenvalue weighted by Crippen LogP contribution is -2.51. The maximum absolute atomic E-state index is 12.2. The molecule has 1 aromatic heterocycles. The van der Waals surface area contributed by atoms with Crippen LogP contribution in [0.2, 0.25) is 0 Å². The number of rotatable bonds is 4. The lowest BCUT2D eigenvalue weighted by Gasteiger charge is -2.32. The monoisotopic (exact) mass is 314 g/mol. The Bertz CT molecular complexity index is 756. The molecule has 122 valence electrons. The van der Waals surface area contributed by atoms with Crippen LogP contribution in [0, 0.1) is 0 Å². The number of fused-ring (bicyclic) bond motifs is 1. The summed E-state index contributed by atoms with van der Waals surface area (Å²) in [7, 11) is 0. The summed E-state index contributed by atoms with van der Waals surface area (Å²) in [5, 5.41) is 3.93. The maximum Gasteiger partial charge on any atom is 0.258 e. The molecule has 0 spiro atoms. The molecule has 1 fully saturated rings. The standard InChI is InChI=1S/C17H22N4O2/c1-12-11-21(10-9-18-12)16(22)8-4-7-15-19-14-6-3-2-5-13(14)17(23)20-15/h2-3,5-6,12,18H,4,7-11H2,1H3,(H,19,20,23). The van der Waals surface area contributed by atoms with Gasteiger partial charge in [0.1, 0.15) is 5.82 Å². The van der Waals surface area contributed by atoms with Crippen molar-refractivity contribution in [2.45, 2.75) is 32.2 Å². The number of hydrogen-bond acceptors (Lipinski definition) is 4. The summed E-state index contributed by atoms with van der Waals surface area (Å²) in [6.07, 6.45) is 1.79. The van der Waals surface area contributed by atoms with Crippen molar-refractivity contribution in [2.75, 3.05) is 19.6 Å². The maximum atomic E-state index is 12.2. The van der Waals surface area contributed by atoms with Gasteiger partial charge in [-0.1, -0.05) is 12.1 Å². The molecule has 6 heteroatoms. The molecule has 2 N–H and O–H groups in total. The predicted molar refractivity (Wildman–Crippen MR) is 89.3 cm³/mol. The first-order valence-electron chi connectivity index (χ1n) is 8.12. The number of aryl methyl sites for hydroxylation is 1. The molecule has 6 nitrogen and oxygen atoms in total.